The molecule has 0 rings (SSSR count). The number of sulfonamides is 1. The van der Waals surface area contributed by atoms with Gasteiger partial charge in [-0.05, 0) is 0 Å². The SMILES string of the molecule is CCN(C)S(=O)(=O)NS(=O)(=O)C(F)(F)F.[H+]. The van der Waals surface area contributed by atoms with Crippen molar-refractivity contribution >= 4 is 20.2 Å². The zero-order valence-electron chi connectivity index (χ0n) is 8.74. The van der Waals surface area contributed by atoms with E-state index in [1.807, 2.05) is 0 Å². The zero-order chi connectivity index (χ0) is 12.5. The van der Waals surface area contributed by atoms with Crippen molar-refractivity contribution in [2.24, 2.45) is 0 Å². The third kappa shape index (κ3) is 3.59. The first-order chi connectivity index (χ1) is 6.44. The molecule has 0 spiro atoms. The van der Waals surface area contributed by atoms with Gasteiger partial charge in [0.2, 0.25) is 0 Å². The van der Waals surface area contributed by atoms with E-state index in [4.69, 9.17) is 0 Å². The van der Waals surface area contributed by atoms with Crippen LogP contribution in [0.25, 0.3) is 0 Å². The Hall–Kier alpha value is -0.390. The van der Waals surface area contributed by atoms with Gasteiger partial charge in [0.1, 0.15) is 0 Å². The third-order valence-corrected chi connectivity index (χ3v) is 4.78. The highest BCUT2D eigenvalue weighted by Crippen LogP contribution is 2.22. The molecule has 11 heteroatoms. The summed E-state index contributed by atoms with van der Waals surface area (Å²) in [6.45, 7) is 1.17. The summed E-state index contributed by atoms with van der Waals surface area (Å²) in [5.41, 5.74) is -5.66. The third-order valence-electron chi connectivity index (χ3n) is 1.38. The molecule has 0 fully saturated rings. The van der Waals surface area contributed by atoms with Crippen molar-refractivity contribution < 1.29 is 31.4 Å². The number of halogens is 3. The number of rotatable bonds is 4. The lowest BCUT2D eigenvalue weighted by Crippen LogP contribution is -2.46. The van der Waals surface area contributed by atoms with E-state index in [1.165, 1.54) is 6.92 Å². The largest absolute Gasteiger partial charge is 1.00 e. The summed E-state index contributed by atoms with van der Waals surface area (Å²) in [5.74, 6) is 0. The maximum atomic E-state index is 11.8. The monoisotopic (exact) mass is 271 g/mol. The van der Waals surface area contributed by atoms with Crippen LogP contribution in [-0.2, 0) is 20.2 Å². The van der Waals surface area contributed by atoms with Gasteiger partial charge in [-0.25, -0.2) is 8.42 Å². The molecule has 0 aliphatic rings. The molecule has 0 radical (unpaired) electrons. The Kier molecular flexibility index (Phi) is 4.12. The van der Waals surface area contributed by atoms with Crippen LogP contribution in [0.3, 0.4) is 0 Å². The van der Waals surface area contributed by atoms with E-state index in [1.54, 1.807) is 0 Å². The molecule has 1 N–H and O–H groups in total. The van der Waals surface area contributed by atoms with Crippen LogP contribution in [0.4, 0.5) is 13.2 Å². The van der Waals surface area contributed by atoms with E-state index in [-0.39, 0.29) is 7.97 Å². The maximum Gasteiger partial charge on any atom is 1.00 e. The first kappa shape index (κ1) is 14.6. The Morgan fingerprint density at radius 2 is 1.67 bits per heavy atom. The predicted octanol–water partition coefficient (Wildman–Crippen LogP) is -0.265. The van der Waals surface area contributed by atoms with Gasteiger partial charge < -0.3 is 0 Å². The molecule has 92 valence electrons. The molecule has 0 aromatic heterocycles. The lowest BCUT2D eigenvalue weighted by molar-refractivity contribution is -0.0441. The second-order valence-electron chi connectivity index (χ2n) is 2.45. The van der Waals surface area contributed by atoms with E-state index in [9.17, 15) is 30.0 Å². The smallest absolute Gasteiger partial charge is 0.202 e. The number of nitrogens with one attached hydrogen (secondary N) is 1. The van der Waals surface area contributed by atoms with E-state index < -0.39 is 25.7 Å². The molecular weight excluding hydrogens is 261 g/mol. The van der Waals surface area contributed by atoms with E-state index >= 15 is 0 Å². The summed E-state index contributed by atoms with van der Waals surface area (Å²) in [4.78, 5) is 0. The van der Waals surface area contributed by atoms with Gasteiger partial charge in [-0.15, -0.1) is 0 Å². The molecule has 0 unspecified atom stereocenters. The average Bonchev–Trinajstić information content (AvgIpc) is 1.98. The number of nitrogens with zero attached hydrogens (tertiary/aromatic N) is 1. The van der Waals surface area contributed by atoms with Gasteiger partial charge in [0, 0.05) is 13.6 Å². The molecular formula is C4H10F3N2O4S2+. The summed E-state index contributed by atoms with van der Waals surface area (Å²) in [5, 5.41) is 0. The van der Waals surface area contributed by atoms with Crippen LogP contribution in [0.5, 0.6) is 0 Å². The van der Waals surface area contributed by atoms with Gasteiger partial charge in [-0.3, -0.25) is 0 Å². The van der Waals surface area contributed by atoms with Gasteiger partial charge in [-0.1, -0.05) is 11.1 Å². The minimum absolute atomic E-state index is 0. The lowest BCUT2D eigenvalue weighted by Gasteiger charge is -2.16. The van der Waals surface area contributed by atoms with Crippen molar-refractivity contribution in [2.75, 3.05) is 13.6 Å². The van der Waals surface area contributed by atoms with Gasteiger partial charge in [0.25, 0.3) is 10.2 Å². The molecule has 0 aliphatic carbocycles. The second-order valence-corrected chi connectivity index (χ2v) is 6.16. The van der Waals surface area contributed by atoms with E-state index in [0.29, 0.717) is 8.43 Å². The Morgan fingerprint density at radius 3 is 1.93 bits per heavy atom. The Labute approximate surface area is 86.8 Å². The average molecular weight is 271 g/mol. The number of hydrogen-bond acceptors (Lipinski definition) is 4. The summed E-state index contributed by atoms with van der Waals surface area (Å²) in [6, 6.07) is 0. The van der Waals surface area contributed by atoms with Crippen molar-refractivity contribution in [3.05, 3.63) is 0 Å². The fraction of sp³-hybridized carbons (Fsp3) is 1.00. The molecule has 15 heavy (non-hydrogen) atoms. The Morgan fingerprint density at radius 1 is 1.27 bits per heavy atom. The molecule has 0 bridgehead atoms. The molecule has 0 saturated carbocycles. The van der Waals surface area contributed by atoms with Gasteiger partial charge >= 0.3 is 17.0 Å². The highest BCUT2D eigenvalue weighted by molar-refractivity contribution is 8.04. The molecule has 0 aliphatic heterocycles. The van der Waals surface area contributed by atoms with Gasteiger partial charge in [0.15, 0.2) is 0 Å². The zero-order valence-corrected chi connectivity index (χ0v) is 9.37. The number of hydrogen-bond donors (Lipinski definition) is 1. The Balaban J connectivity index is 0. The van der Waals surface area contributed by atoms with Crippen molar-refractivity contribution in [1.29, 1.82) is 0 Å². The van der Waals surface area contributed by atoms with Crippen LogP contribution in [-0.4, -0.2) is 40.2 Å². The fourth-order valence-electron chi connectivity index (χ4n) is 0.419. The Bertz CT molecular complexity index is 417. The quantitative estimate of drug-likeness (QED) is 0.763. The molecule has 0 aromatic carbocycles. The molecule has 0 amide bonds. The van der Waals surface area contributed by atoms with Crippen LogP contribution in [0.1, 0.15) is 8.35 Å². The van der Waals surface area contributed by atoms with Crippen molar-refractivity contribution in [3.63, 3.8) is 0 Å². The second kappa shape index (κ2) is 4.23. The highest BCUT2D eigenvalue weighted by Gasteiger charge is 2.48. The molecule has 0 heterocycles. The molecule has 0 aromatic rings. The van der Waals surface area contributed by atoms with Crippen molar-refractivity contribution in [2.45, 2.75) is 12.4 Å². The van der Waals surface area contributed by atoms with E-state index in [0.717, 1.165) is 7.05 Å². The van der Waals surface area contributed by atoms with Crippen LogP contribution < -0.4 is 4.13 Å². The van der Waals surface area contributed by atoms with Crippen molar-refractivity contribution in [3.8, 4) is 0 Å². The van der Waals surface area contributed by atoms with Crippen LogP contribution in [0.2, 0.25) is 0 Å². The van der Waals surface area contributed by atoms with Crippen LogP contribution in [0.15, 0.2) is 0 Å². The summed E-state index contributed by atoms with van der Waals surface area (Å²) < 4.78 is 79.2. The minimum atomic E-state index is -5.89. The van der Waals surface area contributed by atoms with Crippen LogP contribution >= 0.6 is 0 Å². The summed E-state index contributed by atoms with van der Waals surface area (Å²) >= 11 is 0. The lowest BCUT2D eigenvalue weighted by atomic mass is 10.8. The minimum Gasteiger partial charge on any atom is -0.202 e. The normalized spacial score (nSPS) is 14.5. The molecule has 0 atom stereocenters. The first-order valence-electron chi connectivity index (χ1n) is 3.50. The van der Waals surface area contributed by atoms with Crippen LogP contribution in [0, 0.1) is 0 Å². The summed E-state index contributed by atoms with van der Waals surface area (Å²) in [6.07, 6.45) is 0. The van der Waals surface area contributed by atoms with Crippen molar-refractivity contribution in [1.82, 2.24) is 8.43 Å². The topological polar surface area (TPSA) is 83.6 Å². The number of alkyl halides is 3. The van der Waals surface area contributed by atoms with Gasteiger partial charge in [-0.2, -0.15) is 25.9 Å². The highest BCUT2D eigenvalue weighted by atomic mass is 32.3. The standard InChI is InChI=1S/C4H9F3N2O4S2/c1-3-9(2)15(12,13)8-14(10,11)4(5,6)7/h8H,3H2,1-2H3/p+1. The van der Waals surface area contributed by atoms with Gasteiger partial charge in [0.05, 0.1) is 0 Å². The van der Waals surface area contributed by atoms with E-state index in [2.05, 4.69) is 0 Å². The summed E-state index contributed by atoms with van der Waals surface area (Å²) in [7, 11) is -9.63. The molecule has 0 saturated heterocycles. The first-order valence-corrected chi connectivity index (χ1v) is 6.42. The molecule has 6 nitrogen and oxygen atoms in total. The fourth-order valence-corrected chi connectivity index (χ4v) is 2.76. The predicted molar refractivity (Wildman–Crippen MR) is 46.4 cm³/mol. The maximum absolute atomic E-state index is 11.8.